The number of hydrogen-bond acceptors (Lipinski definition) is 5. The Morgan fingerprint density at radius 3 is 2.22 bits per heavy atom. The Kier molecular flexibility index (Phi) is 6.96. The van der Waals surface area contributed by atoms with E-state index in [-0.39, 0.29) is 18.4 Å². The average molecular weight is 259 g/mol. The van der Waals surface area contributed by atoms with E-state index in [0.717, 1.165) is 0 Å². The van der Waals surface area contributed by atoms with Crippen LogP contribution in [0.2, 0.25) is 0 Å². The van der Waals surface area contributed by atoms with Gasteiger partial charge >= 0.3 is 5.97 Å². The highest BCUT2D eigenvalue weighted by Crippen LogP contribution is 1.92. The molecule has 0 aromatic carbocycles. The van der Waals surface area contributed by atoms with E-state index in [0.29, 0.717) is 0 Å². The van der Waals surface area contributed by atoms with Crippen LogP contribution in [0.25, 0.3) is 0 Å². The molecule has 0 aromatic heterocycles. The van der Waals surface area contributed by atoms with Crippen molar-refractivity contribution in [2.75, 3.05) is 27.7 Å². The maximum Gasteiger partial charge on any atom is 0.329 e. The fourth-order valence-corrected chi connectivity index (χ4v) is 1.35. The summed E-state index contributed by atoms with van der Waals surface area (Å²) in [7, 11) is 4.53. The molecule has 104 valence electrons. The van der Waals surface area contributed by atoms with Gasteiger partial charge in [-0.3, -0.25) is 9.59 Å². The zero-order valence-electron chi connectivity index (χ0n) is 11.4. The van der Waals surface area contributed by atoms with Gasteiger partial charge in [-0.1, -0.05) is 0 Å². The maximum absolute atomic E-state index is 11.6. The molecule has 7 nitrogen and oxygen atoms in total. The molecule has 0 fully saturated rings. The third kappa shape index (κ3) is 5.62. The summed E-state index contributed by atoms with van der Waals surface area (Å²) in [4.78, 5) is 35.4. The molecule has 2 unspecified atom stereocenters. The fraction of sp³-hybridized carbons (Fsp3) is 0.727. The summed E-state index contributed by atoms with van der Waals surface area (Å²) in [5.74, 6) is -0.998. The van der Waals surface area contributed by atoms with Crippen molar-refractivity contribution in [3.63, 3.8) is 0 Å². The van der Waals surface area contributed by atoms with Crippen LogP contribution in [0, 0.1) is 0 Å². The Hall–Kier alpha value is -1.63. The quantitative estimate of drug-likeness (QED) is 0.581. The summed E-state index contributed by atoms with van der Waals surface area (Å²) < 4.78 is 4.56. The molecule has 2 amide bonds. The van der Waals surface area contributed by atoms with Gasteiger partial charge in [-0.05, 0) is 6.92 Å². The highest BCUT2D eigenvalue weighted by Gasteiger charge is 2.22. The smallest absolute Gasteiger partial charge is 0.329 e. The van der Waals surface area contributed by atoms with Gasteiger partial charge in [0.25, 0.3) is 0 Å². The van der Waals surface area contributed by atoms with Crippen LogP contribution in [0.1, 0.15) is 13.8 Å². The van der Waals surface area contributed by atoms with E-state index < -0.39 is 18.1 Å². The van der Waals surface area contributed by atoms with Crippen molar-refractivity contribution in [3.8, 4) is 0 Å². The first-order valence-electron chi connectivity index (χ1n) is 5.59. The minimum atomic E-state index is -0.801. The van der Waals surface area contributed by atoms with E-state index in [4.69, 9.17) is 0 Å². The number of carbonyl (C=O) groups is 3. The summed E-state index contributed by atoms with van der Waals surface area (Å²) >= 11 is 0. The van der Waals surface area contributed by atoms with E-state index in [1.807, 2.05) is 0 Å². The fourth-order valence-electron chi connectivity index (χ4n) is 1.35. The zero-order chi connectivity index (χ0) is 14.3. The summed E-state index contributed by atoms with van der Waals surface area (Å²) in [6.07, 6.45) is 0. The lowest BCUT2D eigenvalue weighted by Crippen LogP contribution is -2.51. The molecule has 0 bridgehead atoms. The molecule has 0 aliphatic heterocycles. The van der Waals surface area contributed by atoms with Crippen molar-refractivity contribution in [2.45, 2.75) is 25.9 Å². The number of amides is 2. The van der Waals surface area contributed by atoms with Crippen molar-refractivity contribution < 1.29 is 19.1 Å². The summed E-state index contributed by atoms with van der Waals surface area (Å²) in [5.41, 5.74) is 0. The molecule has 0 aliphatic carbocycles. The van der Waals surface area contributed by atoms with Gasteiger partial charge in [0.1, 0.15) is 6.04 Å². The molecule has 0 aromatic rings. The van der Waals surface area contributed by atoms with Gasteiger partial charge < -0.3 is 20.3 Å². The number of esters is 1. The molecule has 7 heteroatoms. The van der Waals surface area contributed by atoms with Crippen LogP contribution in [0.4, 0.5) is 0 Å². The number of likely N-dealkylation sites (N-methyl/N-ethyl adjacent to an activating group) is 1. The second kappa shape index (κ2) is 7.65. The van der Waals surface area contributed by atoms with Crippen molar-refractivity contribution >= 4 is 17.8 Å². The van der Waals surface area contributed by atoms with Crippen LogP contribution < -0.4 is 10.6 Å². The summed E-state index contributed by atoms with van der Waals surface area (Å²) in [6.45, 7) is 3.13. The molecule has 0 rings (SSSR count). The van der Waals surface area contributed by atoms with Crippen LogP contribution in [-0.4, -0.2) is 62.5 Å². The predicted molar refractivity (Wildman–Crippen MR) is 65.8 cm³/mol. The van der Waals surface area contributed by atoms with Crippen molar-refractivity contribution in [3.05, 3.63) is 0 Å². The molecular formula is C11H21N3O4. The number of hydrogen-bond donors (Lipinski definition) is 2. The molecule has 0 radical (unpaired) electrons. The van der Waals surface area contributed by atoms with Crippen LogP contribution in [0.3, 0.4) is 0 Å². The van der Waals surface area contributed by atoms with E-state index >= 15 is 0 Å². The van der Waals surface area contributed by atoms with Gasteiger partial charge in [-0.15, -0.1) is 0 Å². The molecule has 0 heterocycles. The summed E-state index contributed by atoms with van der Waals surface area (Å²) in [5, 5.41) is 5.33. The number of carbonyl (C=O) groups excluding carboxylic acids is 3. The third-order valence-electron chi connectivity index (χ3n) is 2.30. The van der Waals surface area contributed by atoms with Crippen LogP contribution in [-0.2, 0) is 19.1 Å². The molecule has 0 aliphatic rings. The number of nitrogens with zero attached hydrogens (tertiary/aromatic N) is 1. The highest BCUT2D eigenvalue weighted by molar-refractivity contribution is 5.84. The lowest BCUT2D eigenvalue weighted by atomic mass is 10.2. The first-order chi connectivity index (χ1) is 8.29. The first kappa shape index (κ1) is 16.4. The Labute approximate surface area is 107 Å². The van der Waals surface area contributed by atoms with Gasteiger partial charge in [0, 0.05) is 27.6 Å². The topological polar surface area (TPSA) is 87.7 Å². The minimum Gasteiger partial charge on any atom is -0.467 e. The van der Waals surface area contributed by atoms with Crippen molar-refractivity contribution in [1.82, 2.24) is 15.5 Å². The maximum atomic E-state index is 11.6. The molecule has 0 spiro atoms. The largest absolute Gasteiger partial charge is 0.467 e. The second-order valence-electron chi connectivity index (χ2n) is 4.14. The van der Waals surface area contributed by atoms with Gasteiger partial charge in [0.15, 0.2) is 0 Å². The Morgan fingerprint density at radius 1 is 1.28 bits per heavy atom. The average Bonchev–Trinajstić information content (AvgIpc) is 2.31. The number of nitrogens with one attached hydrogen (secondary N) is 2. The lowest BCUT2D eigenvalue weighted by Gasteiger charge is -2.21. The number of rotatable bonds is 6. The minimum absolute atomic E-state index is 0.110. The molecular weight excluding hydrogens is 238 g/mol. The normalized spacial score (nSPS) is 13.4. The van der Waals surface area contributed by atoms with Crippen molar-refractivity contribution in [1.29, 1.82) is 0 Å². The van der Waals surface area contributed by atoms with E-state index in [1.165, 1.54) is 18.9 Å². The van der Waals surface area contributed by atoms with E-state index in [9.17, 15) is 14.4 Å². The molecule has 18 heavy (non-hydrogen) atoms. The predicted octanol–water partition coefficient (Wildman–Crippen LogP) is -1.27. The molecule has 0 saturated heterocycles. The molecule has 2 atom stereocenters. The SMILES string of the molecule is COC(=O)C(CNC(C)C(=O)N(C)C)NC(C)=O. The van der Waals surface area contributed by atoms with E-state index in [2.05, 4.69) is 15.4 Å². The third-order valence-corrected chi connectivity index (χ3v) is 2.30. The second-order valence-corrected chi connectivity index (χ2v) is 4.14. The highest BCUT2D eigenvalue weighted by atomic mass is 16.5. The van der Waals surface area contributed by atoms with Gasteiger partial charge in [-0.2, -0.15) is 0 Å². The lowest BCUT2D eigenvalue weighted by molar-refractivity contribution is -0.145. The molecule has 0 saturated carbocycles. The number of methoxy groups -OCH3 is 1. The zero-order valence-corrected chi connectivity index (χ0v) is 11.4. The first-order valence-corrected chi connectivity index (χ1v) is 5.59. The van der Waals surface area contributed by atoms with Crippen LogP contribution >= 0.6 is 0 Å². The summed E-state index contributed by atoms with van der Waals surface area (Å²) in [6, 6.07) is -1.24. The van der Waals surface area contributed by atoms with Gasteiger partial charge in [0.05, 0.1) is 13.2 Å². The number of ether oxygens (including phenoxy) is 1. The Morgan fingerprint density at radius 2 is 1.83 bits per heavy atom. The standard InChI is InChI=1S/C11H21N3O4/c1-7(10(16)14(3)4)12-6-9(11(17)18-5)13-8(2)15/h7,9,12H,6H2,1-5H3,(H,13,15). The van der Waals surface area contributed by atoms with Crippen molar-refractivity contribution in [2.24, 2.45) is 0 Å². The Bertz CT molecular complexity index is 317. The molecule has 2 N–H and O–H groups in total. The Balaban J connectivity index is 4.38. The van der Waals surface area contributed by atoms with Gasteiger partial charge in [0.2, 0.25) is 11.8 Å². The van der Waals surface area contributed by atoms with Crippen LogP contribution in [0.5, 0.6) is 0 Å². The van der Waals surface area contributed by atoms with Gasteiger partial charge in [-0.25, -0.2) is 4.79 Å². The monoisotopic (exact) mass is 259 g/mol. The van der Waals surface area contributed by atoms with Crippen LogP contribution in [0.15, 0.2) is 0 Å². The van der Waals surface area contributed by atoms with E-state index in [1.54, 1.807) is 21.0 Å².